The maximum Gasteiger partial charge on any atom is 0.150 e. The molecule has 2 heteroatoms. The lowest BCUT2D eigenvalue weighted by Crippen LogP contribution is -2.39. The van der Waals surface area contributed by atoms with Gasteiger partial charge in [0, 0.05) is 24.3 Å². The number of aryl methyl sites for hydroxylation is 1. The van der Waals surface area contributed by atoms with Crippen molar-refractivity contribution in [3.05, 3.63) is 29.3 Å². The average molecular weight is 257 g/mol. The van der Waals surface area contributed by atoms with Gasteiger partial charge in [-0.3, -0.25) is 4.79 Å². The predicted molar refractivity (Wildman–Crippen MR) is 78.9 cm³/mol. The maximum atomic E-state index is 10.8. The highest BCUT2D eigenvalue weighted by molar-refractivity contribution is 5.77. The van der Waals surface area contributed by atoms with Crippen molar-refractivity contribution in [3.63, 3.8) is 0 Å². The Labute approximate surface area is 115 Å². The van der Waals surface area contributed by atoms with E-state index in [1.54, 1.807) is 0 Å². The van der Waals surface area contributed by atoms with E-state index in [4.69, 9.17) is 0 Å². The van der Waals surface area contributed by atoms with Gasteiger partial charge in [0.05, 0.1) is 0 Å². The van der Waals surface area contributed by atoms with E-state index in [1.165, 1.54) is 62.9 Å². The van der Waals surface area contributed by atoms with Crippen LogP contribution in [-0.4, -0.2) is 19.4 Å². The van der Waals surface area contributed by atoms with Gasteiger partial charge in [-0.05, 0) is 61.8 Å². The van der Waals surface area contributed by atoms with Crippen LogP contribution in [0.1, 0.15) is 54.4 Å². The highest BCUT2D eigenvalue weighted by atomic mass is 16.1. The van der Waals surface area contributed by atoms with E-state index < -0.39 is 0 Å². The van der Waals surface area contributed by atoms with Crippen LogP contribution in [0.3, 0.4) is 0 Å². The van der Waals surface area contributed by atoms with Gasteiger partial charge in [0.25, 0.3) is 0 Å². The lowest BCUT2D eigenvalue weighted by atomic mass is 9.77. The molecule has 1 aliphatic carbocycles. The summed E-state index contributed by atoms with van der Waals surface area (Å²) in [6, 6.07) is 6.06. The monoisotopic (exact) mass is 257 g/mol. The normalized spacial score (nSPS) is 21.8. The van der Waals surface area contributed by atoms with E-state index in [-0.39, 0.29) is 0 Å². The van der Waals surface area contributed by atoms with Gasteiger partial charge in [0.15, 0.2) is 0 Å². The smallest absolute Gasteiger partial charge is 0.150 e. The third kappa shape index (κ3) is 2.41. The number of aldehydes is 1. The summed E-state index contributed by atoms with van der Waals surface area (Å²) in [6.07, 6.45) is 9.40. The fourth-order valence-corrected chi connectivity index (χ4v) is 3.95. The molecule has 2 aliphatic rings. The molecule has 2 nitrogen and oxygen atoms in total. The Morgan fingerprint density at radius 2 is 1.79 bits per heavy atom. The molecule has 1 saturated carbocycles. The Bertz CT molecular complexity index is 464. The number of carbonyl (C=O) groups excluding carboxylic acids is 1. The second kappa shape index (κ2) is 4.99. The molecule has 0 atom stereocenters. The van der Waals surface area contributed by atoms with Gasteiger partial charge in [-0.25, -0.2) is 0 Å². The Morgan fingerprint density at radius 3 is 2.37 bits per heavy atom. The van der Waals surface area contributed by atoms with Gasteiger partial charge < -0.3 is 4.90 Å². The first kappa shape index (κ1) is 12.7. The van der Waals surface area contributed by atoms with Crippen molar-refractivity contribution in [2.45, 2.75) is 45.4 Å². The third-order valence-electron chi connectivity index (χ3n) is 5.19. The van der Waals surface area contributed by atoms with E-state index >= 15 is 0 Å². The topological polar surface area (TPSA) is 20.3 Å². The summed E-state index contributed by atoms with van der Waals surface area (Å²) >= 11 is 0. The second-order valence-electron chi connectivity index (χ2n) is 6.36. The molecule has 1 aliphatic heterocycles. The zero-order valence-electron chi connectivity index (χ0n) is 11.8. The van der Waals surface area contributed by atoms with E-state index in [9.17, 15) is 4.79 Å². The highest BCUT2D eigenvalue weighted by Gasteiger charge is 2.37. The highest BCUT2D eigenvalue weighted by Crippen LogP contribution is 2.46. The van der Waals surface area contributed by atoms with E-state index in [0.29, 0.717) is 5.41 Å². The van der Waals surface area contributed by atoms with Crippen LogP contribution >= 0.6 is 0 Å². The molecule has 0 aromatic heterocycles. The molecule has 0 bridgehead atoms. The number of nitrogens with zero attached hydrogens (tertiary/aromatic N) is 1. The molecule has 1 spiro atoms. The van der Waals surface area contributed by atoms with Crippen LogP contribution in [-0.2, 0) is 0 Å². The molecule has 19 heavy (non-hydrogen) atoms. The summed E-state index contributed by atoms with van der Waals surface area (Å²) in [5.41, 5.74) is 4.00. The quantitative estimate of drug-likeness (QED) is 0.747. The molecule has 102 valence electrons. The van der Waals surface area contributed by atoms with Gasteiger partial charge in [0.2, 0.25) is 0 Å². The van der Waals surface area contributed by atoms with Gasteiger partial charge >= 0.3 is 0 Å². The molecule has 3 rings (SSSR count). The summed E-state index contributed by atoms with van der Waals surface area (Å²) in [5, 5.41) is 0. The molecular formula is C17H23NO. The van der Waals surface area contributed by atoms with E-state index in [0.717, 1.165) is 11.8 Å². The zero-order valence-corrected chi connectivity index (χ0v) is 11.8. The average Bonchev–Trinajstić information content (AvgIpc) is 2.88. The molecule has 0 unspecified atom stereocenters. The largest absolute Gasteiger partial charge is 0.371 e. The number of piperidine rings is 1. The fourth-order valence-electron chi connectivity index (χ4n) is 3.95. The first-order valence-electron chi connectivity index (χ1n) is 7.53. The summed E-state index contributed by atoms with van der Waals surface area (Å²) in [4.78, 5) is 13.3. The minimum atomic E-state index is 0.674. The number of carbonyl (C=O) groups is 1. The Morgan fingerprint density at radius 1 is 1.11 bits per heavy atom. The lowest BCUT2D eigenvalue weighted by molar-refractivity contribution is 0.112. The molecule has 1 saturated heterocycles. The van der Waals surface area contributed by atoms with Crippen molar-refractivity contribution in [2.75, 3.05) is 18.0 Å². The van der Waals surface area contributed by atoms with E-state index in [1.807, 2.05) is 12.1 Å². The number of hydrogen-bond acceptors (Lipinski definition) is 2. The van der Waals surface area contributed by atoms with Crippen LogP contribution in [0.4, 0.5) is 5.69 Å². The minimum absolute atomic E-state index is 0.674. The van der Waals surface area contributed by atoms with Crippen molar-refractivity contribution < 1.29 is 4.79 Å². The zero-order chi connectivity index (χ0) is 13.3. The Balaban J connectivity index is 1.72. The minimum Gasteiger partial charge on any atom is -0.371 e. The summed E-state index contributed by atoms with van der Waals surface area (Å²) < 4.78 is 0. The standard InChI is InChI=1S/C17H23NO/c1-14-12-15(13-19)4-5-16(14)18-10-8-17(9-11-18)6-2-3-7-17/h4-5,12-13H,2-3,6-11H2,1H3. The van der Waals surface area contributed by atoms with Gasteiger partial charge in [-0.2, -0.15) is 0 Å². The summed E-state index contributed by atoms with van der Waals surface area (Å²) in [5.74, 6) is 0. The first-order valence-corrected chi connectivity index (χ1v) is 7.53. The number of hydrogen-bond donors (Lipinski definition) is 0. The molecule has 0 amide bonds. The van der Waals surface area contributed by atoms with Gasteiger partial charge in [0.1, 0.15) is 6.29 Å². The molecular weight excluding hydrogens is 234 g/mol. The molecule has 2 fully saturated rings. The van der Waals surface area contributed by atoms with Crippen LogP contribution in [0.2, 0.25) is 0 Å². The maximum absolute atomic E-state index is 10.8. The lowest BCUT2D eigenvalue weighted by Gasteiger charge is -2.41. The molecule has 1 aromatic rings. The SMILES string of the molecule is Cc1cc(C=O)ccc1N1CCC2(CCCC2)CC1. The second-order valence-corrected chi connectivity index (χ2v) is 6.36. The predicted octanol–water partition coefficient (Wildman–Crippen LogP) is 3.97. The van der Waals surface area contributed by atoms with Crippen LogP contribution in [0.25, 0.3) is 0 Å². The van der Waals surface area contributed by atoms with Crippen LogP contribution in [0, 0.1) is 12.3 Å². The molecule has 1 aromatic carbocycles. The van der Waals surface area contributed by atoms with Gasteiger partial charge in [-0.1, -0.05) is 12.8 Å². The summed E-state index contributed by atoms with van der Waals surface area (Å²) in [7, 11) is 0. The van der Waals surface area contributed by atoms with Crippen LogP contribution in [0.15, 0.2) is 18.2 Å². The third-order valence-corrected chi connectivity index (χ3v) is 5.19. The molecule has 0 radical (unpaired) electrons. The van der Waals surface area contributed by atoms with Crippen LogP contribution < -0.4 is 4.90 Å². The first-order chi connectivity index (χ1) is 9.22. The van der Waals surface area contributed by atoms with Crippen molar-refractivity contribution in [2.24, 2.45) is 5.41 Å². The number of rotatable bonds is 2. The Kier molecular flexibility index (Phi) is 3.34. The Hall–Kier alpha value is -1.31. The number of benzene rings is 1. The van der Waals surface area contributed by atoms with Crippen molar-refractivity contribution in [1.82, 2.24) is 0 Å². The molecule has 0 N–H and O–H groups in total. The van der Waals surface area contributed by atoms with Crippen molar-refractivity contribution >= 4 is 12.0 Å². The van der Waals surface area contributed by atoms with Crippen LogP contribution in [0.5, 0.6) is 0 Å². The molecule has 1 heterocycles. The fraction of sp³-hybridized carbons (Fsp3) is 0.588. The van der Waals surface area contributed by atoms with Gasteiger partial charge in [-0.15, -0.1) is 0 Å². The number of anilines is 1. The van der Waals surface area contributed by atoms with E-state index in [2.05, 4.69) is 17.9 Å². The van der Waals surface area contributed by atoms with Crippen molar-refractivity contribution in [3.8, 4) is 0 Å². The summed E-state index contributed by atoms with van der Waals surface area (Å²) in [6.45, 7) is 4.48. The van der Waals surface area contributed by atoms with Crippen molar-refractivity contribution in [1.29, 1.82) is 0 Å².